The van der Waals surface area contributed by atoms with Gasteiger partial charge in [-0.25, -0.2) is 0 Å². The summed E-state index contributed by atoms with van der Waals surface area (Å²) < 4.78 is 5.14. The van der Waals surface area contributed by atoms with Gasteiger partial charge in [-0.3, -0.25) is 4.79 Å². The summed E-state index contributed by atoms with van der Waals surface area (Å²) in [5.41, 5.74) is 4.21. The van der Waals surface area contributed by atoms with Crippen molar-refractivity contribution in [1.29, 1.82) is 0 Å². The van der Waals surface area contributed by atoms with E-state index in [1.54, 1.807) is 13.2 Å². The molecule has 1 amide bonds. The summed E-state index contributed by atoms with van der Waals surface area (Å²) in [5, 5.41) is 6.18. The number of aryl methyl sites for hydroxylation is 2. The topological polar surface area (TPSA) is 50.4 Å². The summed E-state index contributed by atoms with van der Waals surface area (Å²) in [6.07, 6.45) is 0.407. The van der Waals surface area contributed by atoms with Gasteiger partial charge in [0, 0.05) is 30.4 Å². The fourth-order valence-electron chi connectivity index (χ4n) is 2.16. The Balaban J connectivity index is 1.84. The van der Waals surface area contributed by atoms with Gasteiger partial charge in [0.2, 0.25) is 5.91 Å². The number of hydrogen-bond acceptors (Lipinski definition) is 3. The van der Waals surface area contributed by atoms with Gasteiger partial charge in [0.1, 0.15) is 5.75 Å². The maximum Gasteiger partial charge on any atom is 0.226 e. The number of amides is 1. The molecule has 0 saturated heterocycles. The second kappa shape index (κ2) is 7.50. The molecule has 0 fully saturated rings. The third kappa shape index (κ3) is 4.52. The first-order chi connectivity index (χ1) is 10.6. The molecule has 2 aromatic rings. The van der Waals surface area contributed by atoms with Crippen molar-refractivity contribution in [2.75, 3.05) is 24.3 Å². The fraction of sp³-hybridized carbons (Fsp3) is 0.278. The Morgan fingerprint density at radius 2 is 1.95 bits per heavy atom. The average Bonchev–Trinajstić information content (AvgIpc) is 2.51. The number of hydrogen-bond donors (Lipinski definition) is 2. The molecule has 0 aliphatic carbocycles. The second-order valence-electron chi connectivity index (χ2n) is 5.28. The van der Waals surface area contributed by atoms with E-state index in [-0.39, 0.29) is 5.91 Å². The summed E-state index contributed by atoms with van der Waals surface area (Å²) in [5.74, 6) is 0.706. The lowest BCUT2D eigenvalue weighted by atomic mass is 10.1. The van der Waals surface area contributed by atoms with Gasteiger partial charge in [-0.15, -0.1) is 0 Å². The quantitative estimate of drug-likeness (QED) is 0.854. The van der Waals surface area contributed by atoms with E-state index in [0.717, 1.165) is 17.1 Å². The van der Waals surface area contributed by atoms with Crippen LogP contribution < -0.4 is 15.4 Å². The number of anilines is 2. The SMILES string of the molecule is COc1cccc(NC(=O)CCNc2cc(C)ccc2C)c1. The molecule has 22 heavy (non-hydrogen) atoms. The molecule has 0 aromatic heterocycles. The first-order valence-corrected chi connectivity index (χ1v) is 7.33. The molecular weight excluding hydrogens is 276 g/mol. The summed E-state index contributed by atoms with van der Waals surface area (Å²) in [6, 6.07) is 13.6. The van der Waals surface area contributed by atoms with Gasteiger partial charge in [-0.1, -0.05) is 18.2 Å². The van der Waals surface area contributed by atoms with Gasteiger partial charge in [0.15, 0.2) is 0 Å². The fourth-order valence-corrected chi connectivity index (χ4v) is 2.16. The zero-order valence-electron chi connectivity index (χ0n) is 13.3. The monoisotopic (exact) mass is 298 g/mol. The number of methoxy groups -OCH3 is 1. The first kappa shape index (κ1) is 15.9. The van der Waals surface area contributed by atoms with Gasteiger partial charge in [-0.05, 0) is 43.2 Å². The predicted molar refractivity (Wildman–Crippen MR) is 90.6 cm³/mol. The van der Waals surface area contributed by atoms with Gasteiger partial charge >= 0.3 is 0 Å². The predicted octanol–water partition coefficient (Wildman–Crippen LogP) is 3.75. The lowest BCUT2D eigenvalue weighted by molar-refractivity contribution is -0.115. The normalized spacial score (nSPS) is 10.1. The Hall–Kier alpha value is -2.49. The van der Waals surface area contributed by atoms with Crippen LogP contribution in [-0.4, -0.2) is 19.6 Å². The Kier molecular flexibility index (Phi) is 5.42. The minimum absolute atomic E-state index is 0.0222. The number of rotatable bonds is 6. The van der Waals surface area contributed by atoms with Crippen molar-refractivity contribution in [2.24, 2.45) is 0 Å². The highest BCUT2D eigenvalue weighted by atomic mass is 16.5. The van der Waals surface area contributed by atoms with Gasteiger partial charge < -0.3 is 15.4 Å². The van der Waals surface area contributed by atoms with Crippen molar-refractivity contribution in [1.82, 2.24) is 0 Å². The third-order valence-electron chi connectivity index (χ3n) is 3.41. The van der Waals surface area contributed by atoms with Crippen molar-refractivity contribution in [2.45, 2.75) is 20.3 Å². The van der Waals surface area contributed by atoms with Crippen LogP contribution in [0.3, 0.4) is 0 Å². The second-order valence-corrected chi connectivity index (χ2v) is 5.28. The van der Waals surface area contributed by atoms with E-state index in [1.165, 1.54) is 11.1 Å². The lowest BCUT2D eigenvalue weighted by Gasteiger charge is -2.11. The van der Waals surface area contributed by atoms with Gasteiger partial charge in [-0.2, -0.15) is 0 Å². The first-order valence-electron chi connectivity index (χ1n) is 7.33. The van der Waals surface area contributed by atoms with Crippen molar-refractivity contribution >= 4 is 17.3 Å². The molecule has 0 unspecified atom stereocenters. The van der Waals surface area contributed by atoms with Crippen molar-refractivity contribution in [3.8, 4) is 5.75 Å². The zero-order valence-corrected chi connectivity index (χ0v) is 13.3. The molecule has 0 spiro atoms. The minimum atomic E-state index is -0.0222. The number of carbonyl (C=O) groups excluding carboxylic acids is 1. The number of ether oxygens (including phenoxy) is 1. The summed E-state index contributed by atoms with van der Waals surface area (Å²) in [7, 11) is 1.61. The molecule has 0 atom stereocenters. The van der Waals surface area contributed by atoms with E-state index in [1.807, 2.05) is 18.2 Å². The molecule has 0 aliphatic rings. The van der Waals surface area contributed by atoms with E-state index in [2.05, 4.69) is 42.7 Å². The minimum Gasteiger partial charge on any atom is -0.497 e. The number of carbonyl (C=O) groups is 1. The Morgan fingerprint density at radius 3 is 2.73 bits per heavy atom. The summed E-state index contributed by atoms with van der Waals surface area (Å²) in [4.78, 5) is 12.0. The molecule has 0 bridgehead atoms. The Morgan fingerprint density at radius 1 is 1.14 bits per heavy atom. The van der Waals surface area contributed by atoms with Crippen LogP contribution in [0.25, 0.3) is 0 Å². The number of nitrogens with one attached hydrogen (secondary N) is 2. The molecule has 0 radical (unpaired) electrons. The Bertz CT molecular complexity index is 653. The average molecular weight is 298 g/mol. The van der Waals surface area contributed by atoms with Crippen molar-refractivity contribution in [3.63, 3.8) is 0 Å². The highest BCUT2D eigenvalue weighted by molar-refractivity contribution is 5.91. The van der Waals surface area contributed by atoms with Crippen LogP contribution in [0.4, 0.5) is 11.4 Å². The molecule has 4 heteroatoms. The van der Waals surface area contributed by atoms with Crippen LogP contribution in [0.2, 0.25) is 0 Å². The molecule has 2 N–H and O–H groups in total. The van der Waals surface area contributed by atoms with E-state index in [0.29, 0.717) is 13.0 Å². The molecule has 2 rings (SSSR count). The van der Waals surface area contributed by atoms with Crippen LogP contribution in [0.15, 0.2) is 42.5 Å². The van der Waals surface area contributed by atoms with Crippen LogP contribution >= 0.6 is 0 Å². The molecule has 2 aromatic carbocycles. The maximum absolute atomic E-state index is 12.0. The van der Waals surface area contributed by atoms with Gasteiger partial charge in [0.05, 0.1) is 7.11 Å². The van der Waals surface area contributed by atoms with Crippen LogP contribution in [0.5, 0.6) is 5.75 Å². The molecule has 0 saturated carbocycles. The van der Waals surface area contributed by atoms with E-state index < -0.39 is 0 Å². The van der Waals surface area contributed by atoms with E-state index in [4.69, 9.17) is 4.74 Å². The highest BCUT2D eigenvalue weighted by Gasteiger charge is 2.04. The molecule has 0 heterocycles. The van der Waals surface area contributed by atoms with Crippen LogP contribution in [-0.2, 0) is 4.79 Å². The third-order valence-corrected chi connectivity index (χ3v) is 3.41. The Labute approximate surface area is 131 Å². The van der Waals surface area contributed by atoms with Crippen molar-refractivity contribution in [3.05, 3.63) is 53.6 Å². The largest absolute Gasteiger partial charge is 0.497 e. The number of benzene rings is 2. The molecule has 0 aliphatic heterocycles. The standard InChI is InChI=1S/C18H22N2O2/c1-13-7-8-14(2)17(11-13)19-10-9-18(21)20-15-5-4-6-16(12-15)22-3/h4-8,11-12,19H,9-10H2,1-3H3,(H,20,21). The molecule has 4 nitrogen and oxygen atoms in total. The van der Waals surface area contributed by atoms with Crippen molar-refractivity contribution < 1.29 is 9.53 Å². The molecule has 116 valence electrons. The maximum atomic E-state index is 12.0. The molecular formula is C18H22N2O2. The lowest BCUT2D eigenvalue weighted by Crippen LogP contribution is -2.16. The smallest absolute Gasteiger partial charge is 0.226 e. The van der Waals surface area contributed by atoms with E-state index >= 15 is 0 Å². The summed E-state index contributed by atoms with van der Waals surface area (Å²) >= 11 is 0. The van der Waals surface area contributed by atoms with E-state index in [9.17, 15) is 4.79 Å². The highest BCUT2D eigenvalue weighted by Crippen LogP contribution is 2.18. The summed E-state index contributed by atoms with van der Waals surface area (Å²) in [6.45, 7) is 4.71. The zero-order chi connectivity index (χ0) is 15.9. The van der Waals surface area contributed by atoms with Crippen LogP contribution in [0, 0.1) is 13.8 Å². The van der Waals surface area contributed by atoms with Crippen LogP contribution in [0.1, 0.15) is 17.5 Å². The van der Waals surface area contributed by atoms with Gasteiger partial charge in [0.25, 0.3) is 0 Å².